The van der Waals surface area contributed by atoms with Crippen LogP contribution >= 0.6 is 0 Å². The van der Waals surface area contributed by atoms with Crippen molar-refractivity contribution in [2.45, 2.75) is 59.2 Å². The van der Waals surface area contributed by atoms with E-state index in [1.54, 1.807) is 4.90 Å². The summed E-state index contributed by atoms with van der Waals surface area (Å²) in [4.78, 5) is 19.0. The molecule has 2 atom stereocenters. The lowest BCUT2D eigenvalue weighted by atomic mass is 9.65. The highest BCUT2D eigenvalue weighted by Gasteiger charge is 2.51. The van der Waals surface area contributed by atoms with Crippen LogP contribution in [0.5, 0.6) is 0 Å². The molecule has 5 nitrogen and oxygen atoms in total. The number of fused-ring (bicyclic) bond motifs is 3. The van der Waals surface area contributed by atoms with Crippen molar-refractivity contribution >= 4 is 11.6 Å². The standard InChI is InChI=1S/C19H23F3N4O/c1-11-5-14(19(20,21)22)26-15(23-11)6-13(24-26)16(27)25-10-18(4)8-12(25)7-17(2,3)9-18/h5-6,12H,7-10H2,1-4H3. The predicted octanol–water partition coefficient (Wildman–Crippen LogP) is 4.10. The van der Waals surface area contributed by atoms with Crippen molar-refractivity contribution in [1.29, 1.82) is 0 Å². The Hall–Kier alpha value is -2.12. The van der Waals surface area contributed by atoms with E-state index < -0.39 is 11.9 Å². The second kappa shape index (κ2) is 5.45. The Morgan fingerprint density at radius 1 is 1.22 bits per heavy atom. The van der Waals surface area contributed by atoms with E-state index in [0.29, 0.717) is 6.54 Å². The van der Waals surface area contributed by atoms with Gasteiger partial charge in [0.25, 0.3) is 5.91 Å². The summed E-state index contributed by atoms with van der Waals surface area (Å²) in [5, 5.41) is 3.98. The van der Waals surface area contributed by atoms with Crippen LogP contribution in [0.25, 0.3) is 5.65 Å². The fraction of sp³-hybridized carbons (Fsp3) is 0.632. The summed E-state index contributed by atoms with van der Waals surface area (Å²) in [5.41, 5.74) is -0.426. The molecule has 8 heteroatoms. The van der Waals surface area contributed by atoms with Crippen LogP contribution in [0.4, 0.5) is 13.2 Å². The van der Waals surface area contributed by atoms with E-state index in [1.165, 1.54) is 13.0 Å². The van der Waals surface area contributed by atoms with Gasteiger partial charge in [-0.15, -0.1) is 0 Å². The smallest absolute Gasteiger partial charge is 0.334 e. The molecule has 146 valence electrons. The molecule has 1 aliphatic carbocycles. The molecule has 1 amide bonds. The lowest BCUT2D eigenvalue weighted by Crippen LogP contribution is -2.37. The summed E-state index contributed by atoms with van der Waals surface area (Å²) in [5.74, 6) is -0.308. The number of alkyl halides is 3. The Balaban J connectivity index is 1.72. The predicted molar refractivity (Wildman–Crippen MR) is 93.3 cm³/mol. The number of aromatic nitrogens is 3. The van der Waals surface area contributed by atoms with Gasteiger partial charge in [-0.05, 0) is 43.1 Å². The quantitative estimate of drug-likeness (QED) is 0.749. The number of likely N-dealkylation sites (tertiary alicyclic amines) is 1. The van der Waals surface area contributed by atoms with Crippen molar-refractivity contribution in [3.8, 4) is 0 Å². The third kappa shape index (κ3) is 3.08. The fourth-order valence-electron chi connectivity index (χ4n) is 5.25. The Morgan fingerprint density at radius 2 is 1.93 bits per heavy atom. The first-order valence-electron chi connectivity index (χ1n) is 9.13. The molecular weight excluding hydrogens is 357 g/mol. The van der Waals surface area contributed by atoms with Gasteiger partial charge in [0.15, 0.2) is 11.3 Å². The summed E-state index contributed by atoms with van der Waals surface area (Å²) in [6.45, 7) is 8.71. The van der Waals surface area contributed by atoms with Gasteiger partial charge in [0.1, 0.15) is 5.69 Å². The van der Waals surface area contributed by atoms with E-state index in [-0.39, 0.29) is 39.8 Å². The van der Waals surface area contributed by atoms with Crippen LogP contribution in [0.15, 0.2) is 12.1 Å². The number of hydrogen-bond donors (Lipinski definition) is 0. The highest BCUT2D eigenvalue weighted by molar-refractivity contribution is 5.94. The molecule has 2 unspecified atom stereocenters. The highest BCUT2D eigenvalue weighted by atomic mass is 19.4. The molecule has 1 aliphatic heterocycles. The fourth-order valence-corrected chi connectivity index (χ4v) is 5.25. The van der Waals surface area contributed by atoms with Gasteiger partial charge in [0, 0.05) is 24.3 Å². The number of amides is 1. The third-order valence-corrected chi connectivity index (χ3v) is 5.74. The second-order valence-corrected chi connectivity index (χ2v) is 9.23. The summed E-state index contributed by atoms with van der Waals surface area (Å²) >= 11 is 0. The SMILES string of the molecule is Cc1cc(C(F)(F)F)n2nc(C(=O)N3CC4(C)CC3CC(C)(C)C4)cc2n1. The maximum Gasteiger partial charge on any atom is 0.433 e. The number of halogens is 3. The number of nitrogens with zero attached hydrogens (tertiary/aromatic N) is 4. The molecule has 4 rings (SSSR count). The number of aryl methyl sites for hydroxylation is 1. The monoisotopic (exact) mass is 380 g/mol. The van der Waals surface area contributed by atoms with E-state index in [4.69, 9.17) is 0 Å². The number of hydrogen-bond acceptors (Lipinski definition) is 3. The van der Waals surface area contributed by atoms with Crippen LogP contribution in [0.3, 0.4) is 0 Å². The molecule has 0 aromatic carbocycles. The normalized spacial score (nSPS) is 27.4. The molecule has 0 N–H and O–H groups in total. The number of carbonyl (C=O) groups excluding carboxylic acids is 1. The lowest BCUT2D eigenvalue weighted by Gasteiger charge is -2.39. The minimum atomic E-state index is -4.57. The summed E-state index contributed by atoms with van der Waals surface area (Å²) in [6, 6.07) is 2.41. The molecule has 0 radical (unpaired) electrons. The molecule has 2 aliphatic rings. The third-order valence-electron chi connectivity index (χ3n) is 5.74. The maximum atomic E-state index is 13.3. The first kappa shape index (κ1) is 18.3. The molecule has 1 saturated heterocycles. The molecule has 2 aromatic heterocycles. The summed E-state index contributed by atoms with van der Waals surface area (Å²) < 4.78 is 40.7. The van der Waals surface area contributed by atoms with Crippen LogP contribution in [0.2, 0.25) is 0 Å². The minimum absolute atomic E-state index is 0.0209. The van der Waals surface area contributed by atoms with Crippen molar-refractivity contribution in [1.82, 2.24) is 19.5 Å². The Kier molecular flexibility index (Phi) is 3.69. The molecule has 0 spiro atoms. The Bertz CT molecular complexity index is 933. The lowest BCUT2D eigenvalue weighted by molar-refractivity contribution is -0.142. The average molecular weight is 380 g/mol. The number of rotatable bonds is 1. The minimum Gasteiger partial charge on any atom is -0.334 e. The van der Waals surface area contributed by atoms with Gasteiger partial charge in [0.2, 0.25) is 0 Å². The average Bonchev–Trinajstić information content (AvgIpc) is 3.01. The van der Waals surface area contributed by atoms with Crippen LogP contribution in [-0.2, 0) is 6.18 Å². The Morgan fingerprint density at radius 3 is 2.59 bits per heavy atom. The van der Waals surface area contributed by atoms with Crippen molar-refractivity contribution in [2.75, 3.05) is 6.54 Å². The van der Waals surface area contributed by atoms with Crippen molar-refractivity contribution in [3.05, 3.63) is 29.2 Å². The van der Waals surface area contributed by atoms with Crippen LogP contribution < -0.4 is 0 Å². The summed E-state index contributed by atoms with van der Waals surface area (Å²) in [7, 11) is 0. The van der Waals surface area contributed by atoms with E-state index in [0.717, 1.165) is 29.8 Å². The molecule has 27 heavy (non-hydrogen) atoms. The van der Waals surface area contributed by atoms with E-state index in [9.17, 15) is 18.0 Å². The molecule has 2 fully saturated rings. The molecule has 2 aromatic rings. The topological polar surface area (TPSA) is 50.5 Å². The van der Waals surface area contributed by atoms with Gasteiger partial charge in [-0.3, -0.25) is 4.79 Å². The van der Waals surface area contributed by atoms with E-state index in [2.05, 4.69) is 30.9 Å². The van der Waals surface area contributed by atoms with Crippen LogP contribution in [0.1, 0.15) is 61.9 Å². The first-order valence-corrected chi connectivity index (χ1v) is 9.13. The van der Waals surface area contributed by atoms with Crippen LogP contribution in [0, 0.1) is 17.8 Å². The second-order valence-electron chi connectivity index (χ2n) is 9.23. The Labute approximate surface area is 155 Å². The van der Waals surface area contributed by atoms with E-state index in [1.807, 2.05) is 0 Å². The molecule has 1 saturated carbocycles. The number of carbonyl (C=O) groups is 1. The largest absolute Gasteiger partial charge is 0.433 e. The van der Waals surface area contributed by atoms with E-state index >= 15 is 0 Å². The molecule has 3 heterocycles. The van der Waals surface area contributed by atoms with Crippen molar-refractivity contribution < 1.29 is 18.0 Å². The summed E-state index contributed by atoms with van der Waals surface area (Å²) in [6.07, 6.45) is -1.71. The molecular formula is C19H23F3N4O. The molecule has 2 bridgehead atoms. The van der Waals surface area contributed by atoms with Crippen LogP contribution in [-0.4, -0.2) is 38.0 Å². The zero-order valence-electron chi connectivity index (χ0n) is 15.9. The van der Waals surface area contributed by atoms with Gasteiger partial charge in [-0.25, -0.2) is 9.50 Å². The van der Waals surface area contributed by atoms with Crippen molar-refractivity contribution in [3.63, 3.8) is 0 Å². The van der Waals surface area contributed by atoms with Gasteiger partial charge in [-0.1, -0.05) is 20.8 Å². The van der Waals surface area contributed by atoms with Gasteiger partial charge in [-0.2, -0.15) is 18.3 Å². The first-order chi connectivity index (χ1) is 12.4. The van der Waals surface area contributed by atoms with Gasteiger partial charge < -0.3 is 4.90 Å². The van der Waals surface area contributed by atoms with Crippen molar-refractivity contribution in [2.24, 2.45) is 10.8 Å². The zero-order chi connectivity index (χ0) is 19.8. The zero-order valence-corrected chi connectivity index (χ0v) is 15.9. The highest BCUT2D eigenvalue weighted by Crippen LogP contribution is 2.52. The maximum absolute atomic E-state index is 13.3. The van der Waals surface area contributed by atoms with Gasteiger partial charge in [0.05, 0.1) is 0 Å². The van der Waals surface area contributed by atoms with Gasteiger partial charge >= 0.3 is 6.18 Å².